The van der Waals surface area contributed by atoms with Gasteiger partial charge in [0, 0.05) is 42.4 Å². The van der Waals surface area contributed by atoms with Crippen molar-refractivity contribution in [2.75, 3.05) is 11.4 Å². The van der Waals surface area contributed by atoms with Crippen molar-refractivity contribution in [3.8, 4) is 0 Å². The zero-order valence-electron chi connectivity index (χ0n) is 24.0. The van der Waals surface area contributed by atoms with Crippen LogP contribution >= 0.6 is 0 Å². The monoisotopic (exact) mass is 547 g/mol. The molecule has 4 aromatic carbocycles. The van der Waals surface area contributed by atoms with Gasteiger partial charge in [-0.3, -0.25) is 14.4 Å². The van der Waals surface area contributed by atoms with Crippen LogP contribution in [0.2, 0.25) is 0 Å². The predicted molar refractivity (Wildman–Crippen MR) is 164 cm³/mol. The van der Waals surface area contributed by atoms with Crippen LogP contribution in [-0.4, -0.2) is 40.7 Å². The highest BCUT2D eigenvalue weighted by atomic mass is 16.2. The summed E-state index contributed by atoms with van der Waals surface area (Å²) in [6, 6.07) is 30.6. The SMILES string of the molecule is CC(C)(C)NC(=O)[C@H](Cc1ccccc1)N(Cc1ccccc1)C(=O)CCCN1C(=O)c2cccc3cccc1c23. The van der Waals surface area contributed by atoms with E-state index in [0.29, 0.717) is 31.5 Å². The summed E-state index contributed by atoms with van der Waals surface area (Å²) in [6.07, 6.45) is 1.11. The van der Waals surface area contributed by atoms with Crippen LogP contribution < -0.4 is 10.2 Å². The van der Waals surface area contributed by atoms with Gasteiger partial charge in [0.1, 0.15) is 6.04 Å². The van der Waals surface area contributed by atoms with E-state index in [1.165, 1.54) is 0 Å². The zero-order valence-corrected chi connectivity index (χ0v) is 24.0. The average Bonchev–Trinajstić information content (AvgIpc) is 3.23. The van der Waals surface area contributed by atoms with E-state index in [2.05, 4.69) is 5.32 Å². The van der Waals surface area contributed by atoms with Gasteiger partial charge in [-0.05, 0) is 55.8 Å². The third kappa shape index (κ3) is 6.49. The molecule has 5 rings (SSSR count). The molecule has 1 N–H and O–H groups in total. The molecule has 6 nitrogen and oxygen atoms in total. The molecular weight excluding hydrogens is 510 g/mol. The minimum atomic E-state index is -0.684. The first-order valence-electron chi connectivity index (χ1n) is 14.2. The van der Waals surface area contributed by atoms with E-state index in [1.54, 1.807) is 9.80 Å². The highest BCUT2D eigenvalue weighted by Crippen LogP contribution is 2.37. The maximum absolute atomic E-state index is 14.0. The third-order valence-corrected chi connectivity index (χ3v) is 7.39. The van der Waals surface area contributed by atoms with Crippen LogP contribution in [0.25, 0.3) is 10.8 Å². The van der Waals surface area contributed by atoms with E-state index in [1.807, 2.05) is 118 Å². The summed E-state index contributed by atoms with van der Waals surface area (Å²) >= 11 is 0. The van der Waals surface area contributed by atoms with Crippen molar-refractivity contribution in [3.05, 3.63) is 114 Å². The van der Waals surface area contributed by atoms with Crippen LogP contribution in [0, 0.1) is 0 Å². The van der Waals surface area contributed by atoms with Gasteiger partial charge in [-0.1, -0.05) is 84.9 Å². The quantitative estimate of drug-likeness (QED) is 0.260. The van der Waals surface area contributed by atoms with Gasteiger partial charge in [0.25, 0.3) is 5.91 Å². The summed E-state index contributed by atoms with van der Waals surface area (Å²) in [6.45, 7) is 6.58. The van der Waals surface area contributed by atoms with Gasteiger partial charge in [-0.2, -0.15) is 0 Å². The molecule has 210 valence electrons. The largest absolute Gasteiger partial charge is 0.350 e. The normalized spacial score (nSPS) is 13.3. The van der Waals surface area contributed by atoms with Gasteiger partial charge < -0.3 is 15.1 Å². The lowest BCUT2D eigenvalue weighted by atomic mass is 10.00. The Morgan fingerprint density at radius 2 is 1.46 bits per heavy atom. The average molecular weight is 548 g/mol. The van der Waals surface area contributed by atoms with Crippen LogP contribution in [0.1, 0.15) is 55.1 Å². The number of benzene rings is 4. The van der Waals surface area contributed by atoms with Gasteiger partial charge in [0.05, 0.1) is 5.69 Å². The molecule has 0 unspecified atom stereocenters. The third-order valence-electron chi connectivity index (χ3n) is 7.39. The van der Waals surface area contributed by atoms with Gasteiger partial charge >= 0.3 is 0 Å². The van der Waals surface area contributed by atoms with Crippen molar-refractivity contribution in [2.24, 2.45) is 0 Å². The maximum Gasteiger partial charge on any atom is 0.258 e. The lowest BCUT2D eigenvalue weighted by molar-refractivity contribution is -0.142. The number of carbonyl (C=O) groups is 3. The minimum absolute atomic E-state index is 0.0306. The first kappa shape index (κ1) is 28.1. The second kappa shape index (κ2) is 12.0. The first-order valence-corrected chi connectivity index (χ1v) is 14.2. The van der Waals surface area contributed by atoms with Crippen molar-refractivity contribution in [1.29, 1.82) is 0 Å². The molecule has 3 amide bonds. The predicted octanol–water partition coefficient (Wildman–Crippen LogP) is 6.14. The Hall–Kier alpha value is -4.45. The molecule has 0 spiro atoms. The van der Waals surface area contributed by atoms with E-state index in [0.717, 1.165) is 27.6 Å². The second-order valence-corrected chi connectivity index (χ2v) is 11.7. The van der Waals surface area contributed by atoms with Crippen LogP contribution in [-0.2, 0) is 22.6 Å². The minimum Gasteiger partial charge on any atom is -0.350 e. The van der Waals surface area contributed by atoms with E-state index < -0.39 is 11.6 Å². The smallest absolute Gasteiger partial charge is 0.258 e. The Morgan fingerprint density at radius 1 is 0.829 bits per heavy atom. The molecular formula is C35H37N3O3. The van der Waals surface area contributed by atoms with Crippen molar-refractivity contribution < 1.29 is 14.4 Å². The summed E-state index contributed by atoms with van der Waals surface area (Å²) in [5.41, 5.74) is 3.10. The fourth-order valence-corrected chi connectivity index (χ4v) is 5.52. The van der Waals surface area contributed by atoms with Crippen molar-refractivity contribution in [1.82, 2.24) is 10.2 Å². The van der Waals surface area contributed by atoms with Crippen molar-refractivity contribution in [3.63, 3.8) is 0 Å². The molecule has 1 aliphatic heterocycles. The number of rotatable bonds is 10. The summed E-state index contributed by atoms with van der Waals surface area (Å²) in [5, 5.41) is 5.11. The molecule has 0 saturated heterocycles. The van der Waals surface area contributed by atoms with E-state index in [9.17, 15) is 14.4 Å². The molecule has 1 atom stereocenters. The standard InChI is InChI=1S/C35H37N3O3/c1-35(2,3)36-33(40)30(23-25-13-6-4-7-14-25)38(24-26-15-8-5-9-16-26)31(39)21-12-22-37-29-20-11-18-27-17-10-19-28(32(27)29)34(37)41/h4-11,13-20,30H,12,21-24H2,1-3H3,(H,36,40)/t30-/m0/s1. The lowest BCUT2D eigenvalue weighted by Gasteiger charge is -2.34. The molecule has 0 radical (unpaired) electrons. The van der Waals surface area contributed by atoms with Gasteiger partial charge in [0.15, 0.2) is 0 Å². The molecule has 0 aliphatic carbocycles. The number of anilines is 1. The summed E-state index contributed by atoms with van der Waals surface area (Å²) in [5.74, 6) is -0.319. The van der Waals surface area contributed by atoms with E-state index in [-0.39, 0.29) is 24.1 Å². The van der Waals surface area contributed by atoms with Crippen LogP contribution in [0.5, 0.6) is 0 Å². The fourth-order valence-electron chi connectivity index (χ4n) is 5.52. The van der Waals surface area contributed by atoms with E-state index >= 15 is 0 Å². The Bertz CT molecular complexity index is 1540. The molecule has 1 heterocycles. The number of hydrogen-bond donors (Lipinski definition) is 1. The van der Waals surface area contributed by atoms with Crippen molar-refractivity contribution >= 4 is 34.2 Å². The molecule has 0 aromatic heterocycles. The summed E-state index contributed by atoms with van der Waals surface area (Å²) in [4.78, 5) is 44.4. The Balaban J connectivity index is 1.37. The first-order chi connectivity index (χ1) is 19.7. The van der Waals surface area contributed by atoms with Crippen LogP contribution in [0.4, 0.5) is 5.69 Å². The molecule has 1 aliphatic rings. The maximum atomic E-state index is 14.0. The molecule has 0 fully saturated rings. The van der Waals surface area contributed by atoms with Gasteiger partial charge in [-0.15, -0.1) is 0 Å². The fraction of sp³-hybridized carbons (Fsp3) is 0.286. The highest BCUT2D eigenvalue weighted by molar-refractivity contribution is 6.25. The number of nitrogens with one attached hydrogen (secondary N) is 1. The number of hydrogen-bond acceptors (Lipinski definition) is 3. The van der Waals surface area contributed by atoms with E-state index in [4.69, 9.17) is 0 Å². The summed E-state index contributed by atoms with van der Waals surface area (Å²) in [7, 11) is 0. The molecule has 41 heavy (non-hydrogen) atoms. The Kier molecular flexibility index (Phi) is 8.20. The Labute approximate surface area is 242 Å². The summed E-state index contributed by atoms with van der Waals surface area (Å²) < 4.78 is 0. The number of amides is 3. The zero-order chi connectivity index (χ0) is 29.0. The molecule has 0 bridgehead atoms. The topological polar surface area (TPSA) is 69.7 Å². The number of carbonyl (C=O) groups excluding carboxylic acids is 3. The highest BCUT2D eigenvalue weighted by Gasteiger charge is 2.33. The molecule has 4 aromatic rings. The lowest BCUT2D eigenvalue weighted by Crippen LogP contribution is -2.54. The van der Waals surface area contributed by atoms with Gasteiger partial charge in [0.2, 0.25) is 11.8 Å². The van der Waals surface area contributed by atoms with Gasteiger partial charge in [-0.25, -0.2) is 0 Å². The van der Waals surface area contributed by atoms with Crippen LogP contribution in [0.15, 0.2) is 97.1 Å². The number of nitrogens with zero attached hydrogens (tertiary/aromatic N) is 2. The Morgan fingerprint density at radius 3 is 2.12 bits per heavy atom. The molecule has 0 saturated carbocycles. The van der Waals surface area contributed by atoms with Crippen LogP contribution in [0.3, 0.4) is 0 Å². The second-order valence-electron chi connectivity index (χ2n) is 11.7. The molecule has 6 heteroatoms. The van der Waals surface area contributed by atoms with Crippen molar-refractivity contribution in [2.45, 2.75) is 58.2 Å².